The second-order valence-corrected chi connectivity index (χ2v) is 9.79. The first kappa shape index (κ1) is 23.9. The molecule has 1 amide bonds. The number of carbonyl (C=O) groups excluding carboxylic acids is 1. The third-order valence-corrected chi connectivity index (χ3v) is 6.57. The van der Waals surface area contributed by atoms with E-state index in [0.29, 0.717) is 25.6 Å². The molecule has 0 radical (unpaired) electrons. The van der Waals surface area contributed by atoms with Gasteiger partial charge >= 0.3 is 7.12 Å². The maximum absolute atomic E-state index is 12.1. The molecule has 3 heterocycles. The van der Waals surface area contributed by atoms with E-state index in [1.807, 2.05) is 27.7 Å². The van der Waals surface area contributed by atoms with E-state index in [1.54, 1.807) is 17.3 Å². The van der Waals surface area contributed by atoms with Gasteiger partial charge in [-0.1, -0.05) is 0 Å². The molecule has 1 aromatic rings. The third kappa shape index (κ3) is 5.03. The molecule has 10 heteroatoms. The minimum absolute atomic E-state index is 0.176. The number of hydrogen-bond acceptors (Lipinski definition) is 8. The van der Waals surface area contributed by atoms with Gasteiger partial charge in [0, 0.05) is 43.5 Å². The molecule has 2 atom stereocenters. The van der Waals surface area contributed by atoms with Crippen molar-refractivity contribution in [1.29, 1.82) is 0 Å². The zero-order valence-corrected chi connectivity index (χ0v) is 19.4. The molecular weight excluding hydrogens is 399 g/mol. The van der Waals surface area contributed by atoms with E-state index in [0.717, 1.165) is 11.9 Å². The van der Waals surface area contributed by atoms with E-state index in [2.05, 4.69) is 28.7 Å². The highest BCUT2D eigenvalue weighted by Gasteiger charge is 2.52. The minimum atomic E-state index is -1.34. The molecular formula is C21H35BN4O5. The smallest absolute Gasteiger partial charge is 0.399 e. The van der Waals surface area contributed by atoms with Crippen molar-refractivity contribution >= 4 is 24.4 Å². The standard InChI is InChI=1S/C21H35BN4O5/c1-14(2)26(12-15-7-8-25(11-15)18(29)17(28)13-27)19-23-9-16(10-24-19)22-30-20(3,4)21(5,6)31-22/h9-10,14-15,17,27-28H,7-8,11-13H2,1-6H3/t15-,17+/m0/s1. The third-order valence-electron chi connectivity index (χ3n) is 6.57. The summed E-state index contributed by atoms with van der Waals surface area (Å²) in [4.78, 5) is 25.0. The van der Waals surface area contributed by atoms with Crippen LogP contribution in [0.2, 0.25) is 0 Å². The summed E-state index contributed by atoms with van der Waals surface area (Å²) in [5.41, 5.74) is -0.0625. The first-order valence-electron chi connectivity index (χ1n) is 11.0. The monoisotopic (exact) mass is 434 g/mol. The topological polar surface area (TPSA) is 108 Å². The average molecular weight is 434 g/mol. The first-order chi connectivity index (χ1) is 14.4. The molecule has 3 rings (SSSR count). The number of aliphatic hydroxyl groups excluding tert-OH is 2. The predicted molar refractivity (Wildman–Crippen MR) is 118 cm³/mol. The summed E-state index contributed by atoms with van der Waals surface area (Å²) >= 11 is 0. The first-order valence-corrected chi connectivity index (χ1v) is 11.0. The Morgan fingerprint density at radius 3 is 2.35 bits per heavy atom. The number of carbonyl (C=O) groups is 1. The summed E-state index contributed by atoms with van der Waals surface area (Å²) in [5.74, 6) is 0.447. The lowest BCUT2D eigenvalue weighted by Gasteiger charge is -2.32. The Morgan fingerprint density at radius 1 is 1.26 bits per heavy atom. The van der Waals surface area contributed by atoms with Crippen LogP contribution in [0.25, 0.3) is 0 Å². The molecule has 172 valence electrons. The number of likely N-dealkylation sites (tertiary alicyclic amines) is 1. The Morgan fingerprint density at radius 2 is 1.84 bits per heavy atom. The largest absolute Gasteiger partial charge is 0.498 e. The molecule has 0 aromatic carbocycles. The van der Waals surface area contributed by atoms with Crippen LogP contribution < -0.4 is 10.4 Å². The van der Waals surface area contributed by atoms with Gasteiger partial charge in [0.25, 0.3) is 5.91 Å². The van der Waals surface area contributed by atoms with Crippen molar-refractivity contribution in [2.75, 3.05) is 31.1 Å². The molecule has 2 aliphatic rings. The van der Waals surface area contributed by atoms with Gasteiger partial charge in [-0.15, -0.1) is 0 Å². The Balaban J connectivity index is 1.66. The summed E-state index contributed by atoms with van der Waals surface area (Å²) < 4.78 is 12.2. The van der Waals surface area contributed by atoms with E-state index in [4.69, 9.17) is 14.4 Å². The number of nitrogens with zero attached hydrogens (tertiary/aromatic N) is 4. The fraction of sp³-hybridized carbons (Fsp3) is 0.762. The van der Waals surface area contributed by atoms with Crippen molar-refractivity contribution < 1.29 is 24.3 Å². The molecule has 2 aliphatic heterocycles. The minimum Gasteiger partial charge on any atom is -0.399 e. The highest BCUT2D eigenvalue weighted by molar-refractivity contribution is 6.61. The predicted octanol–water partition coefficient (Wildman–Crippen LogP) is 0.192. The molecule has 0 unspecified atom stereocenters. The van der Waals surface area contributed by atoms with Gasteiger partial charge < -0.3 is 29.3 Å². The van der Waals surface area contributed by atoms with E-state index in [9.17, 15) is 9.90 Å². The van der Waals surface area contributed by atoms with Crippen molar-refractivity contribution in [2.45, 2.75) is 71.3 Å². The Hall–Kier alpha value is -1.75. The van der Waals surface area contributed by atoms with E-state index < -0.39 is 36.9 Å². The quantitative estimate of drug-likeness (QED) is 0.586. The van der Waals surface area contributed by atoms with Crippen molar-refractivity contribution in [2.24, 2.45) is 5.92 Å². The van der Waals surface area contributed by atoms with E-state index in [-0.39, 0.29) is 12.0 Å². The lowest BCUT2D eigenvalue weighted by Crippen LogP contribution is -2.41. The number of hydrogen-bond donors (Lipinski definition) is 2. The number of rotatable bonds is 7. The van der Waals surface area contributed by atoms with Crippen LogP contribution >= 0.6 is 0 Å². The molecule has 0 bridgehead atoms. The molecule has 0 aliphatic carbocycles. The van der Waals surface area contributed by atoms with Gasteiger partial charge in [0.1, 0.15) is 0 Å². The normalized spacial score (nSPS) is 23.5. The zero-order valence-electron chi connectivity index (χ0n) is 19.4. The molecule has 31 heavy (non-hydrogen) atoms. The van der Waals surface area contributed by atoms with Crippen LogP contribution in [0.15, 0.2) is 12.4 Å². The van der Waals surface area contributed by atoms with Gasteiger partial charge in [-0.3, -0.25) is 4.79 Å². The van der Waals surface area contributed by atoms with Gasteiger partial charge in [-0.2, -0.15) is 0 Å². The highest BCUT2D eigenvalue weighted by Crippen LogP contribution is 2.36. The lowest BCUT2D eigenvalue weighted by atomic mass is 9.81. The van der Waals surface area contributed by atoms with Crippen LogP contribution in [-0.4, -0.2) is 87.7 Å². The van der Waals surface area contributed by atoms with Crippen LogP contribution in [0.1, 0.15) is 48.0 Å². The summed E-state index contributed by atoms with van der Waals surface area (Å²) in [5, 5.41) is 18.6. The van der Waals surface area contributed by atoms with Gasteiger partial charge in [-0.25, -0.2) is 9.97 Å². The van der Waals surface area contributed by atoms with Crippen molar-refractivity contribution in [3.8, 4) is 0 Å². The molecule has 0 spiro atoms. The van der Waals surface area contributed by atoms with Crippen LogP contribution in [0, 0.1) is 5.92 Å². The van der Waals surface area contributed by atoms with Gasteiger partial charge in [0.15, 0.2) is 6.10 Å². The maximum Gasteiger partial charge on any atom is 0.498 e. The van der Waals surface area contributed by atoms with E-state index in [1.165, 1.54) is 0 Å². The van der Waals surface area contributed by atoms with Crippen LogP contribution in [-0.2, 0) is 14.1 Å². The van der Waals surface area contributed by atoms with E-state index >= 15 is 0 Å². The van der Waals surface area contributed by atoms with Crippen LogP contribution in [0.3, 0.4) is 0 Å². The Bertz CT molecular complexity index is 758. The van der Waals surface area contributed by atoms with Gasteiger partial charge in [-0.05, 0) is 53.9 Å². The number of anilines is 1. The number of aliphatic hydroxyl groups is 2. The molecule has 2 N–H and O–H groups in total. The SMILES string of the molecule is CC(C)N(C[C@H]1CCN(C(=O)[C@H](O)CO)C1)c1ncc(B2OC(C)(C)C(C)(C)O2)cn1. The fourth-order valence-electron chi connectivity index (χ4n) is 3.85. The molecule has 1 aromatic heterocycles. The van der Waals surface area contributed by atoms with Crippen LogP contribution in [0.5, 0.6) is 0 Å². The Kier molecular flexibility index (Phi) is 6.95. The Labute approximate surface area is 184 Å². The van der Waals surface area contributed by atoms with Crippen molar-refractivity contribution in [1.82, 2.24) is 14.9 Å². The fourth-order valence-corrected chi connectivity index (χ4v) is 3.85. The summed E-state index contributed by atoms with van der Waals surface area (Å²) in [7, 11) is -0.501. The molecule has 2 fully saturated rings. The lowest BCUT2D eigenvalue weighted by molar-refractivity contribution is -0.141. The second kappa shape index (κ2) is 9.01. The molecule has 0 saturated carbocycles. The average Bonchev–Trinajstić information content (AvgIpc) is 3.26. The second-order valence-electron chi connectivity index (χ2n) is 9.79. The summed E-state index contributed by atoms with van der Waals surface area (Å²) in [6, 6.07) is 0.176. The summed E-state index contributed by atoms with van der Waals surface area (Å²) in [6.45, 7) is 13.5. The van der Waals surface area contributed by atoms with Crippen molar-refractivity contribution in [3.05, 3.63) is 12.4 Å². The van der Waals surface area contributed by atoms with Gasteiger partial charge in [0.05, 0.1) is 17.8 Å². The maximum atomic E-state index is 12.1. The van der Waals surface area contributed by atoms with Crippen molar-refractivity contribution in [3.63, 3.8) is 0 Å². The number of amides is 1. The van der Waals surface area contributed by atoms with Crippen LogP contribution in [0.4, 0.5) is 5.95 Å². The highest BCUT2D eigenvalue weighted by atomic mass is 16.7. The number of aromatic nitrogens is 2. The molecule has 2 saturated heterocycles. The zero-order chi connectivity index (χ0) is 23.0. The molecule has 9 nitrogen and oxygen atoms in total. The van der Waals surface area contributed by atoms with Gasteiger partial charge in [0.2, 0.25) is 5.95 Å². The summed E-state index contributed by atoms with van der Waals surface area (Å²) in [6.07, 6.45) is 2.99.